The van der Waals surface area contributed by atoms with E-state index in [4.69, 9.17) is 11.6 Å². The third-order valence-corrected chi connectivity index (χ3v) is 7.05. The number of aliphatic hydroxyl groups is 3. The molecule has 1 aromatic rings. The minimum atomic E-state index is -2.81. The number of phenolic OH excluding ortho intramolecular Hbond substituents is 1. The topological polar surface area (TPSA) is 229 Å². The van der Waals surface area contributed by atoms with Crippen LogP contribution < -0.4 is 22.3 Å². The van der Waals surface area contributed by atoms with Crippen LogP contribution in [0.5, 0.6) is 5.75 Å². The summed E-state index contributed by atoms with van der Waals surface area (Å²) in [5, 5.41) is 46.1. The molecular weight excluding hydrogens is 481 g/mol. The second-order valence-electron chi connectivity index (χ2n) is 9.17. The molecule has 0 heterocycles. The van der Waals surface area contributed by atoms with Crippen LogP contribution in [-0.4, -0.2) is 74.6 Å². The number of carbonyl (C=O) groups is 4. The number of Topliss-reactive ketones (excluding diaryl/α,β-unsaturated/α-hetero) is 2. The number of rotatable bonds is 3. The first-order valence-corrected chi connectivity index (χ1v) is 10.7. The molecule has 4 atom stereocenters. The highest BCUT2D eigenvalue weighted by Gasteiger charge is 2.64. The van der Waals surface area contributed by atoms with Crippen LogP contribution in [0.1, 0.15) is 17.5 Å². The van der Waals surface area contributed by atoms with Crippen molar-refractivity contribution in [2.75, 3.05) is 19.4 Å². The molecule has 192 valence electrons. The molecule has 3 aliphatic carbocycles. The normalized spacial score (nSPS) is 27.4. The number of anilines is 1. The second kappa shape index (κ2) is 8.29. The molecule has 13 nitrogen and oxygen atoms in total. The molecule has 0 aliphatic heterocycles. The van der Waals surface area contributed by atoms with E-state index in [1.54, 1.807) is 5.43 Å². The van der Waals surface area contributed by atoms with E-state index in [9.17, 15) is 39.6 Å². The van der Waals surface area contributed by atoms with Gasteiger partial charge in [-0.2, -0.15) is 0 Å². The number of carbonyl (C=O) groups excluding carboxylic acids is 4. The Morgan fingerprint density at radius 3 is 2.42 bits per heavy atom. The summed E-state index contributed by atoms with van der Waals surface area (Å²) >= 11 is 0. The van der Waals surface area contributed by atoms with Crippen molar-refractivity contribution < 1.29 is 44.0 Å². The number of amides is 3. The van der Waals surface area contributed by atoms with Gasteiger partial charge in [-0.1, -0.05) is 0 Å². The average Bonchev–Trinajstić information content (AvgIpc) is 2.79. The number of fused-ring (bicyclic) bond motifs is 3. The number of nitrogens with two attached hydrogens (primary N) is 2. The fourth-order valence-corrected chi connectivity index (χ4v) is 5.52. The summed E-state index contributed by atoms with van der Waals surface area (Å²) in [6.07, 6.45) is -0.404. The predicted molar refractivity (Wildman–Crippen MR) is 121 cm³/mol. The van der Waals surface area contributed by atoms with Gasteiger partial charge in [-0.15, -0.1) is 0 Å². The SMILES string of the molecule is CN(C)[C@@H]1C(=O)C(C(N)=O)=C(O)[C@@]2(O)C(=O)C3=C(O)c4c(O)c(NC(=O)NN)cc(F)c4C[C@H]3C[C@@H]12. The molecule has 0 spiro atoms. The first-order valence-electron chi connectivity index (χ1n) is 10.7. The summed E-state index contributed by atoms with van der Waals surface area (Å²) in [4.78, 5) is 51.6. The van der Waals surface area contributed by atoms with Crippen LogP contribution in [0.15, 0.2) is 23.0 Å². The molecule has 36 heavy (non-hydrogen) atoms. The minimum absolute atomic E-state index is 0.170. The molecule has 0 saturated heterocycles. The summed E-state index contributed by atoms with van der Waals surface area (Å²) in [7, 11) is 2.94. The molecule has 3 aliphatic rings. The monoisotopic (exact) mass is 505 g/mol. The van der Waals surface area contributed by atoms with Gasteiger partial charge in [0, 0.05) is 23.1 Å². The van der Waals surface area contributed by atoms with Crippen molar-refractivity contribution in [2.24, 2.45) is 23.4 Å². The van der Waals surface area contributed by atoms with E-state index in [1.165, 1.54) is 19.0 Å². The minimum Gasteiger partial charge on any atom is -0.508 e. The maximum absolute atomic E-state index is 15.0. The Kier molecular flexibility index (Phi) is 5.78. The van der Waals surface area contributed by atoms with Crippen LogP contribution in [-0.2, 0) is 20.8 Å². The highest BCUT2D eigenvalue weighted by molar-refractivity contribution is 6.24. The number of aromatic hydroxyl groups is 1. The van der Waals surface area contributed by atoms with Gasteiger partial charge in [0.15, 0.2) is 17.1 Å². The second-order valence-corrected chi connectivity index (χ2v) is 9.17. The highest BCUT2D eigenvalue weighted by atomic mass is 19.1. The lowest BCUT2D eigenvalue weighted by Gasteiger charge is -2.50. The molecule has 0 radical (unpaired) electrons. The average molecular weight is 505 g/mol. The van der Waals surface area contributed by atoms with E-state index < -0.39 is 92.5 Å². The summed E-state index contributed by atoms with van der Waals surface area (Å²) in [6, 6.07) is -1.45. The summed E-state index contributed by atoms with van der Waals surface area (Å²) < 4.78 is 15.0. The Labute approximate surface area is 202 Å². The number of nitrogens with zero attached hydrogens (tertiary/aromatic N) is 1. The summed E-state index contributed by atoms with van der Waals surface area (Å²) in [5.41, 5.74) is 1.65. The summed E-state index contributed by atoms with van der Waals surface area (Å²) in [6.45, 7) is 0. The van der Waals surface area contributed by atoms with E-state index in [2.05, 4.69) is 5.32 Å². The van der Waals surface area contributed by atoms with Crippen LogP contribution in [0.3, 0.4) is 0 Å². The van der Waals surface area contributed by atoms with Gasteiger partial charge in [0.25, 0.3) is 5.91 Å². The Balaban J connectivity index is 1.95. The number of nitrogens with one attached hydrogen (secondary N) is 2. The van der Waals surface area contributed by atoms with Crippen LogP contribution in [0.25, 0.3) is 5.76 Å². The number of primary amides is 1. The number of hydrogen-bond donors (Lipinski definition) is 8. The highest BCUT2D eigenvalue weighted by Crippen LogP contribution is 2.53. The van der Waals surface area contributed by atoms with Crippen molar-refractivity contribution in [3.05, 3.63) is 39.9 Å². The molecule has 1 saturated carbocycles. The lowest BCUT2D eigenvalue weighted by molar-refractivity contribution is -0.153. The number of phenols is 1. The van der Waals surface area contributed by atoms with Gasteiger partial charge in [-0.3, -0.25) is 24.7 Å². The number of hydrazine groups is 1. The number of halogens is 1. The van der Waals surface area contributed by atoms with Crippen molar-refractivity contribution in [2.45, 2.75) is 24.5 Å². The zero-order valence-corrected chi connectivity index (χ0v) is 19.1. The molecule has 1 fully saturated rings. The van der Waals surface area contributed by atoms with Gasteiger partial charge in [-0.05, 0) is 32.9 Å². The predicted octanol–water partition coefficient (Wildman–Crippen LogP) is -0.902. The van der Waals surface area contributed by atoms with Crippen molar-refractivity contribution >= 4 is 35.0 Å². The number of hydrogen-bond acceptors (Lipinski definition) is 10. The lowest BCUT2D eigenvalue weighted by atomic mass is 9.57. The molecule has 3 amide bonds. The largest absolute Gasteiger partial charge is 0.508 e. The van der Waals surface area contributed by atoms with Gasteiger partial charge < -0.3 is 31.5 Å². The smallest absolute Gasteiger partial charge is 0.333 e. The third kappa shape index (κ3) is 3.26. The number of ketones is 2. The van der Waals surface area contributed by atoms with Crippen LogP contribution in [0.2, 0.25) is 0 Å². The number of aliphatic hydroxyl groups excluding tert-OH is 2. The van der Waals surface area contributed by atoms with Crippen LogP contribution in [0, 0.1) is 17.7 Å². The lowest BCUT2D eigenvalue weighted by Crippen LogP contribution is -2.65. The van der Waals surface area contributed by atoms with Gasteiger partial charge in [-0.25, -0.2) is 15.0 Å². The number of benzene rings is 1. The quantitative estimate of drug-likeness (QED) is 0.0829. The molecule has 0 bridgehead atoms. The molecular formula is C22H24FN5O8. The van der Waals surface area contributed by atoms with Crippen molar-refractivity contribution in [3.63, 3.8) is 0 Å². The Hall–Kier alpha value is -4.01. The van der Waals surface area contributed by atoms with Gasteiger partial charge in [0.05, 0.1) is 17.3 Å². The molecule has 1 aromatic carbocycles. The van der Waals surface area contributed by atoms with Gasteiger partial charge in [0.2, 0.25) is 5.78 Å². The fourth-order valence-electron chi connectivity index (χ4n) is 5.52. The van der Waals surface area contributed by atoms with Crippen LogP contribution in [0.4, 0.5) is 14.9 Å². The van der Waals surface area contributed by atoms with Crippen LogP contribution >= 0.6 is 0 Å². The van der Waals surface area contributed by atoms with Gasteiger partial charge in [0.1, 0.15) is 22.9 Å². The van der Waals surface area contributed by atoms with Gasteiger partial charge >= 0.3 is 6.03 Å². The number of likely N-dealkylation sites (N-methyl/N-ethyl adjacent to an activating group) is 1. The Bertz CT molecular complexity index is 1310. The molecule has 10 N–H and O–H groups in total. The fraction of sp³-hybridized carbons (Fsp3) is 0.364. The maximum atomic E-state index is 15.0. The zero-order valence-electron chi connectivity index (χ0n) is 19.1. The van der Waals surface area contributed by atoms with Crippen molar-refractivity contribution in [3.8, 4) is 5.75 Å². The molecule has 0 unspecified atom stereocenters. The Morgan fingerprint density at radius 2 is 1.86 bits per heavy atom. The molecule has 14 heteroatoms. The maximum Gasteiger partial charge on any atom is 0.333 e. The van der Waals surface area contributed by atoms with Crippen molar-refractivity contribution in [1.82, 2.24) is 10.3 Å². The van der Waals surface area contributed by atoms with E-state index in [0.717, 1.165) is 6.07 Å². The third-order valence-electron chi connectivity index (χ3n) is 7.05. The molecule has 0 aromatic heterocycles. The van der Waals surface area contributed by atoms with Crippen molar-refractivity contribution in [1.29, 1.82) is 0 Å². The van der Waals surface area contributed by atoms with E-state index in [0.29, 0.717) is 0 Å². The standard InChI is InChI=1S/C22H24FN5O8/c1-28(2)14-8-4-6-3-7-9(23)5-10(26-21(35)27-25)15(29)12(7)16(30)11(6)18(32)22(8,36)19(33)13(17(14)31)20(24)34/h5-6,8,14,29-30,33,36H,3-4,25H2,1-2H3,(H2,24,34)(H2,26,27,35)/t6-,8-,14-,22-/m0/s1. The first-order chi connectivity index (χ1) is 16.8. The first kappa shape index (κ1) is 25.1. The van der Waals surface area contributed by atoms with E-state index in [1.807, 2.05) is 0 Å². The Morgan fingerprint density at radius 1 is 1.22 bits per heavy atom. The van der Waals surface area contributed by atoms with E-state index in [-0.39, 0.29) is 18.4 Å². The van der Waals surface area contributed by atoms with E-state index >= 15 is 4.39 Å². The molecule has 4 rings (SSSR count). The number of urea groups is 1. The summed E-state index contributed by atoms with van der Waals surface area (Å²) in [5.74, 6) is -4.51. The zero-order chi connectivity index (χ0) is 26.9.